The second-order valence-electron chi connectivity index (χ2n) is 25.1. The van der Waals surface area contributed by atoms with Gasteiger partial charge in [0.05, 0.1) is 62.1 Å². The number of hydrogen-bond acceptors (Lipinski definition) is 31. The average molecular weight is 1760 g/mol. The number of nitrogens with two attached hydrogens (primary N) is 3. The number of hydrogen-bond donors (Lipinski definition) is 14. The van der Waals surface area contributed by atoms with Gasteiger partial charge in [-0.3, -0.25) is 76.0 Å². The fraction of sp³-hybridized carbons (Fsp3) is 0.247. The van der Waals surface area contributed by atoms with Crippen LogP contribution >= 0.6 is 12.2 Å². The smallest absolute Gasteiger partial charge is 0.373 e. The van der Waals surface area contributed by atoms with Crippen LogP contribution < -0.4 is 67.5 Å². The number of nitrogens with one attached hydrogen (secondary N) is 8. The number of Topliss-reactive ketones (excluding diaryl/α,β-unsaturated/α-hetero) is 2. The second-order valence-corrected chi connectivity index (χ2v) is 30.0. The van der Waals surface area contributed by atoms with Gasteiger partial charge < -0.3 is 80.7 Å². The number of carboxylic acid groups (broad SMARTS) is 2. The van der Waals surface area contributed by atoms with Crippen molar-refractivity contribution >= 4 is 165 Å². The van der Waals surface area contributed by atoms with E-state index in [0.717, 1.165) is 0 Å². The molecule has 0 radical (unpaired) electrons. The van der Waals surface area contributed by atoms with Crippen LogP contribution in [0, 0.1) is 0 Å². The molecule has 0 bridgehead atoms. The maximum absolute atomic E-state index is 13.3. The number of fused-ring (bicyclic) bond motifs is 2. The van der Waals surface area contributed by atoms with E-state index >= 15 is 0 Å². The number of carbonyl (C=O) groups excluding carboxylic acids is 11. The molecule has 0 saturated heterocycles. The van der Waals surface area contributed by atoms with E-state index in [-0.39, 0.29) is 183 Å². The molecular weight excluding hydrogens is 1680 g/mol. The summed E-state index contributed by atoms with van der Waals surface area (Å²) in [6, 6.07) is 36.0. The Kier molecular flexibility index (Phi) is 40.4. The SMILES string of the molecule is NCCNC(=O)CN(CCN(CC(=O)O)CC(=O)Nc1ccc(NS(=O)[O-])cc1)CC(=O)Cc1ccc(S(N)(=O)=O)cc1.NS(=O)(=O)c1ccc(CC(=O)CN(CCN(CC(=O)O)CC(=O)Nc2ccc(NS(=O)[O-])cc2)CC(=O)NCCNC(=S)Nc2ccc(-c3c4ccc(=O)cc-4oc4cc(O)ccc34)c(OC=O)c2)cc1.O=C=O.O=C=O. The maximum Gasteiger partial charge on any atom is 0.373 e. The Morgan fingerprint density at radius 3 is 1.32 bits per heavy atom. The van der Waals surface area contributed by atoms with Crippen molar-refractivity contribution in [1.29, 1.82) is 0 Å². The molecule has 0 saturated carbocycles. The van der Waals surface area contributed by atoms with E-state index in [1.807, 2.05) is 0 Å². The summed E-state index contributed by atoms with van der Waals surface area (Å²) in [5.74, 6) is -4.85. The Morgan fingerprint density at radius 2 is 0.908 bits per heavy atom. The van der Waals surface area contributed by atoms with Crippen LogP contribution in [0.15, 0.2) is 171 Å². The Morgan fingerprint density at radius 1 is 0.508 bits per heavy atom. The van der Waals surface area contributed by atoms with Gasteiger partial charge >= 0.3 is 24.2 Å². The molecule has 17 N–H and O–H groups in total. The van der Waals surface area contributed by atoms with E-state index in [1.165, 1.54) is 147 Å². The average Bonchev–Trinajstić information content (AvgIpc) is 0.748. The number of rotatable bonds is 43. The summed E-state index contributed by atoms with van der Waals surface area (Å²) >= 11 is 0.416. The van der Waals surface area contributed by atoms with Crippen LogP contribution in [-0.2, 0) is 118 Å². The zero-order chi connectivity index (χ0) is 88.7. The molecule has 2 unspecified atom stereocenters. The fourth-order valence-corrected chi connectivity index (χ4v) is 13.0. The first-order valence-corrected chi connectivity index (χ1v) is 40.4. The van der Waals surface area contributed by atoms with Crippen molar-refractivity contribution in [3.8, 4) is 33.9 Å². The summed E-state index contributed by atoms with van der Waals surface area (Å²) in [7, 11) is -7.86. The second kappa shape index (κ2) is 49.5. The van der Waals surface area contributed by atoms with Gasteiger partial charge in [-0.1, -0.05) is 24.3 Å². The lowest BCUT2D eigenvalue weighted by Gasteiger charge is -2.26. The van der Waals surface area contributed by atoms with Crippen molar-refractivity contribution < 1.29 is 121 Å². The van der Waals surface area contributed by atoms with Crippen molar-refractivity contribution in [3.05, 3.63) is 173 Å². The Balaban J connectivity index is 0.000000446. The van der Waals surface area contributed by atoms with E-state index in [4.69, 9.17) is 56.6 Å². The highest BCUT2D eigenvalue weighted by Crippen LogP contribution is 2.44. The third kappa shape index (κ3) is 36.1. The predicted molar refractivity (Wildman–Crippen MR) is 432 cm³/mol. The number of sulfonamides is 2. The number of amides is 4. The molecule has 640 valence electrons. The lowest BCUT2D eigenvalue weighted by atomic mass is 9.93. The van der Waals surface area contributed by atoms with Gasteiger partial charge in [-0.2, -0.15) is 19.2 Å². The minimum atomic E-state index is -3.97. The Labute approximate surface area is 693 Å². The van der Waals surface area contributed by atoms with Gasteiger partial charge in [0.2, 0.25) is 43.7 Å². The first kappa shape index (κ1) is 97.9. The number of nitrogens with zero attached hydrogens (tertiary/aromatic N) is 4. The van der Waals surface area contributed by atoms with E-state index < -0.39 is 97.8 Å². The number of ketones is 2. The van der Waals surface area contributed by atoms with Crippen molar-refractivity contribution in [2.75, 3.05) is 130 Å². The number of carbonyl (C=O) groups is 9. The largest absolute Gasteiger partial charge is 0.755 e. The van der Waals surface area contributed by atoms with E-state index in [9.17, 15) is 97.6 Å². The number of anilines is 5. The number of phenols is 1. The topological polar surface area (TPSA) is 658 Å². The number of ether oxygens (including phenoxy) is 1. The summed E-state index contributed by atoms with van der Waals surface area (Å²) in [5, 5.41) is 56.6. The number of aliphatic carboxylic acids is 2. The van der Waals surface area contributed by atoms with E-state index in [1.54, 1.807) is 24.3 Å². The molecule has 0 fully saturated rings. The van der Waals surface area contributed by atoms with Crippen LogP contribution in [0.5, 0.6) is 11.5 Å². The molecule has 6 aromatic carbocycles. The molecular formula is C73H79N15O27S5-2. The van der Waals surface area contributed by atoms with E-state index in [0.29, 0.717) is 50.3 Å². The van der Waals surface area contributed by atoms with Crippen molar-refractivity contribution in [2.45, 2.75) is 22.6 Å². The number of carboxylic acids is 2. The van der Waals surface area contributed by atoms with Crippen molar-refractivity contribution in [1.82, 2.24) is 35.6 Å². The fourth-order valence-electron chi connectivity index (χ4n) is 11.1. The maximum atomic E-state index is 13.3. The monoisotopic (exact) mass is 1760 g/mol. The van der Waals surface area contributed by atoms with Crippen molar-refractivity contribution in [2.24, 2.45) is 16.0 Å². The molecule has 47 heteroatoms. The molecule has 0 spiro atoms. The molecule has 120 heavy (non-hydrogen) atoms. The standard InChI is InChI=1S/C46H46N8O14S3.C25H35N7O9S2.2CO2/c47-71(65,66)35-10-1-28(2-11-35)19-34(58)23-53(17-18-54(26-44(61)62)25-43(60)50-29-3-5-30(6-4-29)52-70(63)64)24-42(59)48-15-16-49-46(69)51-31-7-12-36(39(20-31)67-27-55)45-37-13-8-32(56)21-40(37)68-41-22-33(57)9-14-38(41)45;26-9-10-28-23(34)15-31(14-21(33)13-18-1-7-22(8-2-18)43(27,40)41)11-12-32(17-25(36)37)16-24(35)29-19-3-5-20(6-4-19)30-42(38)39;2*2-1-3/h1-14,20-22,27,52,56H,15-19,23-26H2,(H,48,59)(H,50,60)(H,61,62)(H,63,64)(H2,47,65,66)(H2,49,51,69);1-8,30H,9-17,26H2,(H,28,34)(H,29,35)(H,36,37)(H,38,39)(H2,27,40,41);;/p-2. The zero-order valence-electron chi connectivity index (χ0n) is 62.9. The van der Waals surface area contributed by atoms with Gasteiger partial charge in [0.25, 0.3) is 6.47 Å². The summed E-state index contributed by atoms with van der Waals surface area (Å²) in [6.45, 7) is -1.99. The van der Waals surface area contributed by atoms with Gasteiger partial charge in [0.15, 0.2) is 22.1 Å². The van der Waals surface area contributed by atoms with Crippen LogP contribution in [0.1, 0.15) is 11.1 Å². The molecule has 1 heterocycles. The third-order valence-corrected chi connectivity index (χ3v) is 19.0. The molecule has 1 aliphatic carbocycles. The molecule has 42 nitrogen and oxygen atoms in total. The number of phenolic OH excluding ortho intramolecular Hbond substituents is 1. The lowest BCUT2D eigenvalue weighted by molar-refractivity contribution is -0.193. The van der Waals surface area contributed by atoms with Crippen LogP contribution in [0.3, 0.4) is 0 Å². The van der Waals surface area contributed by atoms with Crippen LogP contribution in [0.25, 0.3) is 33.4 Å². The minimum absolute atomic E-state index is 0.0123. The summed E-state index contributed by atoms with van der Waals surface area (Å²) < 4.78 is 105. The number of thiocarbonyl (C=S) groups is 1. The molecule has 6 aromatic rings. The zero-order valence-corrected chi connectivity index (χ0v) is 67.0. The molecule has 2 atom stereocenters. The minimum Gasteiger partial charge on any atom is -0.755 e. The quantitative estimate of drug-likeness (QED) is 0.00723. The number of benzene rings is 7. The highest BCUT2D eigenvalue weighted by Gasteiger charge is 2.25. The predicted octanol–water partition coefficient (Wildman–Crippen LogP) is -0.913. The summed E-state index contributed by atoms with van der Waals surface area (Å²) in [5.41, 5.74) is 9.59. The van der Waals surface area contributed by atoms with Gasteiger partial charge in [0.1, 0.15) is 22.8 Å². The highest BCUT2D eigenvalue weighted by molar-refractivity contribution is 7.89. The molecule has 1 aliphatic heterocycles. The van der Waals surface area contributed by atoms with Crippen LogP contribution in [-0.4, -0.2) is 245 Å². The third-order valence-electron chi connectivity index (χ3n) is 16.1. The molecule has 8 rings (SSSR count). The molecule has 2 aliphatic rings. The van der Waals surface area contributed by atoms with Crippen LogP contribution in [0.2, 0.25) is 0 Å². The Bertz CT molecular complexity index is 5300. The first-order valence-electron chi connectivity index (χ1n) is 34.7. The molecule has 4 amide bonds. The lowest BCUT2D eigenvalue weighted by Crippen LogP contribution is -2.46. The summed E-state index contributed by atoms with van der Waals surface area (Å²) in [4.78, 5) is 162. The molecule has 0 aromatic heterocycles. The highest BCUT2D eigenvalue weighted by atomic mass is 32.2. The normalized spacial score (nSPS) is 11.4. The van der Waals surface area contributed by atoms with Crippen LogP contribution in [0.4, 0.5) is 28.4 Å². The number of aromatic hydroxyl groups is 1. The van der Waals surface area contributed by atoms with Gasteiger partial charge in [-0.25, -0.2) is 27.1 Å². The number of primary sulfonamides is 2. The van der Waals surface area contributed by atoms with Gasteiger partial charge in [0, 0.05) is 156 Å². The van der Waals surface area contributed by atoms with Gasteiger partial charge in [-0.15, -0.1) is 0 Å². The van der Waals surface area contributed by atoms with Gasteiger partial charge in [-0.05, 0) is 133 Å². The first-order chi connectivity index (χ1) is 56.9. The van der Waals surface area contributed by atoms with Crippen molar-refractivity contribution in [3.63, 3.8) is 0 Å². The Hall–Kier alpha value is -12.7. The summed E-state index contributed by atoms with van der Waals surface area (Å²) in [6.07, 6.45) is 0.292. The van der Waals surface area contributed by atoms with E-state index in [2.05, 4.69) is 41.3 Å².